The van der Waals surface area contributed by atoms with Gasteiger partial charge in [-0.15, -0.1) is 0 Å². The van der Waals surface area contributed by atoms with Crippen molar-refractivity contribution in [3.63, 3.8) is 0 Å². The lowest BCUT2D eigenvalue weighted by molar-refractivity contribution is 0.0726. The third kappa shape index (κ3) is 5.26. The van der Waals surface area contributed by atoms with Gasteiger partial charge < -0.3 is 9.47 Å². The van der Waals surface area contributed by atoms with Gasteiger partial charge in [0, 0.05) is 0 Å². The SMILES string of the molecule is CC=COc1ccc(OC(=O)c2ccc(C3CCC(CCC)CC3)cc2)c(F)c1F. The monoisotopic (exact) mass is 414 g/mol. The Bertz CT molecular complexity index is 882. The molecular formula is C25H28F2O3. The molecule has 5 heteroatoms. The molecule has 2 aromatic rings. The predicted molar refractivity (Wildman–Crippen MR) is 113 cm³/mol. The number of allylic oxidation sites excluding steroid dienone is 1. The van der Waals surface area contributed by atoms with Crippen molar-refractivity contribution in [2.24, 2.45) is 5.92 Å². The first kappa shape index (κ1) is 22.0. The molecule has 30 heavy (non-hydrogen) atoms. The van der Waals surface area contributed by atoms with Crippen molar-refractivity contribution in [3.8, 4) is 11.5 Å². The molecule has 1 aliphatic rings. The van der Waals surface area contributed by atoms with Gasteiger partial charge in [0.2, 0.25) is 11.6 Å². The number of halogens is 2. The van der Waals surface area contributed by atoms with Gasteiger partial charge in [-0.3, -0.25) is 0 Å². The molecule has 0 bridgehead atoms. The Balaban J connectivity index is 1.63. The average molecular weight is 414 g/mol. The third-order valence-electron chi connectivity index (χ3n) is 5.71. The van der Waals surface area contributed by atoms with Crippen molar-refractivity contribution >= 4 is 5.97 Å². The highest BCUT2D eigenvalue weighted by molar-refractivity contribution is 5.91. The number of rotatable bonds is 7. The number of carbonyl (C=O) groups is 1. The van der Waals surface area contributed by atoms with Crippen LogP contribution in [0.15, 0.2) is 48.7 Å². The van der Waals surface area contributed by atoms with Gasteiger partial charge in [-0.05, 0) is 74.3 Å². The summed E-state index contributed by atoms with van der Waals surface area (Å²) in [5.74, 6) is -2.58. The fourth-order valence-corrected chi connectivity index (χ4v) is 4.07. The van der Waals surface area contributed by atoms with Crippen molar-refractivity contribution in [1.82, 2.24) is 0 Å². The lowest BCUT2D eigenvalue weighted by Crippen LogP contribution is -2.14. The maximum atomic E-state index is 14.2. The molecule has 0 spiro atoms. The zero-order valence-electron chi connectivity index (χ0n) is 17.5. The van der Waals surface area contributed by atoms with Crippen LogP contribution < -0.4 is 9.47 Å². The summed E-state index contributed by atoms with van der Waals surface area (Å²) < 4.78 is 38.3. The smallest absolute Gasteiger partial charge is 0.343 e. The predicted octanol–water partition coefficient (Wildman–Crippen LogP) is 7.17. The van der Waals surface area contributed by atoms with Crippen LogP contribution >= 0.6 is 0 Å². The summed E-state index contributed by atoms with van der Waals surface area (Å²) in [5, 5.41) is 0. The van der Waals surface area contributed by atoms with Crippen LogP contribution in [0.5, 0.6) is 11.5 Å². The van der Waals surface area contributed by atoms with E-state index in [4.69, 9.17) is 9.47 Å². The molecule has 1 fully saturated rings. The van der Waals surface area contributed by atoms with E-state index in [0.29, 0.717) is 11.5 Å². The van der Waals surface area contributed by atoms with Crippen molar-refractivity contribution in [2.75, 3.05) is 0 Å². The van der Waals surface area contributed by atoms with Crippen LogP contribution in [-0.2, 0) is 0 Å². The van der Waals surface area contributed by atoms with Crippen LogP contribution in [0.4, 0.5) is 8.78 Å². The van der Waals surface area contributed by atoms with Crippen LogP contribution in [0.25, 0.3) is 0 Å². The van der Waals surface area contributed by atoms with Gasteiger partial charge in [0.15, 0.2) is 11.5 Å². The molecule has 0 saturated heterocycles. The summed E-state index contributed by atoms with van der Waals surface area (Å²) in [7, 11) is 0. The number of benzene rings is 2. The van der Waals surface area contributed by atoms with Crippen LogP contribution in [0.2, 0.25) is 0 Å². The average Bonchev–Trinajstić information content (AvgIpc) is 2.77. The van der Waals surface area contributed by atoms with Gasteiger partial charge in [0.25, 0.3) is 0 Å². The maximum absolute atomic E-state index is 14.2. The molecule has 0 atom stereocenters. The number of carbonyl (C=O) groups excluding carboxylic acids is 1. The Kier molecular flexibility index (Phi) is 7.61. The van der Waals surface area contributed by atoms with E-state index >= 15 is 0 Å². The Labute approximate surface area is 176 Å². The molecule has 0 aromatic heterocycles. The lowest BCUT2D eigenvalue weighted by atomic mass is 9.77. The number of ether oxygens (including phenoxy) is 2. The molecule has 1 saturated carbocycles. The van der Waals surface area contributed by atoms with Crippen molar-refractivity contribution < 1.29 is 23.0 Å². The summed E-state index contributed by atoms with van der Waals surface area (Å²) in [6, 6.07) is 9.65. The molecule has 160 valence electrons. The molecule has 3 nitrogen and oxygen atoms in total. The van der Waals surface area contributed by atoms with E-state index in [1.54, 1.807) is 25.1 Å². The normalized spacial score (nSPS) is 19.1. The maximum Gasteiger partial charge on any atom is 0.343 e. The fraction of sp³-hybridized carbons (Fsp3) is 0.400. The quantitative estimate of drug-likeness (QED) is 0.274. The van der Waals surface area contributed by atoms with Crippen molar-refractivity contribution in [2.45, 2.75) is 58.3 Å². The molecule has 0 radical (unpaired) electrons. The highest BCUT2D eigenvalue weighted by atomic mass is 19.2. The minimum atomic E-state index is -1.26. The zero-order chi connectivity index (χ0) is 21.5. The van der Waals surface area contributed by atoms with Crippen LogP contribution in [-0.4, -0.2) is 5.97 Å². The molecule has 0 N–H and O–H groups in total. The van der Waals surface area contributed by atoms with Crippen LogP contribution in [0, 0.1) is 17.6 Å². The standard InChI is InChI=1S/C25H28F2O3/c1-3-5-17-6-8-18(9-7-17)19-10-12-20(13-11-19)25(28)30-22-15-14-21(29-16-4-2)23(26)24(22)27/h4,10-18H,3,5-9H2,1-2H3. The number of hydrogen-bond donors (Lipinski definition) is 0. The first-order valence-electron chi connectivity index (χ1n) is 10.6. The Hall–Kier alpha value is -2.69. The van der Waals surface area contributed by atoms with Gasteiger partial charge in [-0.1, -0.05) is 38.0 Å². The number of esters is 1. The third-order valence-corrected chi connectivity index (χ3v) is 5.71. The van der Waals surface area contributed by atoms with Crippen LogP contribution in [0.3, 0.4) is 0 Å². The minimum Gasteiger partial charge on any atom is -0.462 e. The van der Waals surface area contributed by atoms with Gasteiger partial charge >= 0.3 is 5.97 Å². The van der Waals surface area contributed by atoms with Gasteiger partial charge in [-0.2, -0.15) is 8.78 Å². The molecule has 0 heterocycles. The molecule has 0 unspecified atom stereocenters. The second kappa shape index (κ2) is 10.4. The van der Waals surface area contributed by atoms with E-state index in [9.17, 15) is 13.6 Å². The largest absolute Gasteiger partial charge is 0.462 e. The Morgan fingerprint density at radius 1 is 1.00 bits per heavy atom. The Morgan fingerprint density at radius 2 is 1.63 bits per heavy atom. The molecule has 0 aliphatic heterocycles. The first-order chi connectivity index (χ1) is 14.5. The summed E-state index contributed by atoms with van der Waals surface area (Å²) in [6.07, 6.45) is 10.2. The number of hydrogen-bond acceptors (Lipinski definition) is 3. The molecule has 3 rings (SSSR count). The van der Waals surface area contributed by atoms with Gasteiger partial charge in [-0.25, -0.2) is 4.79 Å². The van der Waals surface area contributed by atoms with Crippen molar-refractivity contribution in [3.05, 3.63) is 71.5 Å². The van der Waals surface area contributed by atoms with E-state index in [1.165, 1.54) is 62.5 Å². The van der Waals surface area contributed by atoms with E-state index in [1.807, 2.05) is 12.1 Å². The van der Waals surface area contributed by atoms with Crippen LogP contribution in [0.1, 0.15) is 74.2 Å². The molecule has 0 amide bonds. The minimum absolute atomic E-state index is 0.275. The second-order valence-electron chi connectivity index (χ2n) is 7.79. The van der Waals surface area contributed by atoms with E-state index in [2.05, 4.69) is 6.92 Å². The zero-order valence-corrected chi connectivity index (χ0v) is 17.5. The first-order valence-corrected chi connectivity index (χ1v) is 10.6. The highest BCUT2D eigenvalue weighted by Crippen LogP contribution is 2.37. The van der Waals surface area contributed by atoms with E-state index < -0.39 is 23.4 Å². The second-order valence-corrected chi connectivity index (χ2v) is 7.79. The molecular weight excluding hydrogens is 386 g/mol. The topological polar surface area (TPSA) is 35.5 Å². The molecule has 1 aliphatic carbocycles. The summed E-state index contributed by atoms with van der Waals surface area (Å²) in [4.78, 5) is 12.4. The van der Waals surface area contributed by atoms with Gasteiger partial charge in [0.1, 0.15) is 0 Å². The highest BCUT2D eigenvalue weighted by Gasteiger charge is 2.23. The lowest BCUT2D eigenvalue weighted by Gasteiger charge is -2.28. The fourth-order valence-electron chi connectivity index (χ4n) is 4.07. The van der Waals surface area contributed by atoms with E-state index in [0.717, 1.165) is 5.92 Å². The van der Waals surface area contributed by atoms with E-state index in [-0.39, 0.29) is 5.75 Å². The Morgan fingerprint density at radius 3 is 2.27 bits per heavy atom. The molecule has 2 aromatic carbocycles. The summed E-state index contributed by atoms with van der Waals surface area (Å²) in [6.45, 7) is 3.92. The summed E-state index contributed by atoms with van der Waals surface area (Å²) in [5.41, 5.74) is 1.51. The van der Waals surface area contributed by atoms with Gasteiger partial charge in [0.05, 0.1) is 11.8 Å². The summed E-state index contributed by atoms with van der Waals surface area (Å²) >= 11 is 0. The van der Waals surface area contributed by atoms with Crippen molar-refractivity contribution in [1.29, 1.82) is 0 Å².